The monoisotopic (exact) mass is 110 g/mol. The van der Waals surface area contributed by atoms with Crippen LogP contribution in [0.5, 0.6) is 0 Å². The number of hydrogen-bond acceptors (Lipinski definition) is 1. The van der Waals surface area contributed by atoms with Crippen molar-refractivity contribution in [2.45, 2.75) is 0 Å². The van der Waals surface area contributed by atoms with Crippen molar-refractivity contribution in [3.63, 3.8) is 0 Å². The average Bonchev–Trinajstić information content (AvgIpc) is 1.69. The molecule has 0 rings (SSSR count). The molecule has 0 fully saturated rings. The SMILES string of the molecule is C=C=C=C=CSC. The Morgan fingerprint density at radius 1 is 1.71 bits per heavy atom. The zero-order valence-corrected chi connectivity index (χ0v) is 5.01. The lowest BCUT2D eigenvalue weighted by Gasteiger charge is -1.60. The van der Waals surface area contributed by atoms with Gasteiger partial charge in [0.05, 0.1) is 0 Å². The van der Waals surface area contributed by atoms with Crippen LogP contribution in [0, 0.1) is 0 Å². The summed E-state index contributed by atoms with van der Waals surface area (Å²) in [6, 6.07) is 0. The van der Waals surface area contributed by atoms with Crippen LogP contribution in [0.2, 0.25) is 0 Å². The molecule has 0 saturated carbocycles. The minimum Gasteiger partial charge on any atom is -0.128 e. The second-order valence-corrected chi connectivity index (χ2v) is 1.51. The second kappa shape index (κ2) is 5.43. The fourth-order valence-corrected chi connectivity index (χ4v) is 0.316. The van der Waals surface area contributed by atoms with Crippen LogP contribution in [0.3, 0.4) is 0 Å². The van der Waals surface area contributed by atoms with Gasteiger partial charge in [-0.3, -0.25) is 0 Å². The molecule has 0 radical (unpaired) electrons. The maximum absolute atomic E-state index is 3.30. The Kier molecular flexibility index (Phi) is 4.99. The van der Waals surface area contributed by atoms with Crippen LogP contribution >= 0.6 is 11.8 Å². The topological polar surface area (TPSA) is 0 Å². The van der Waals surface area contributed by atoms with Crippen molar-refractivity contribution >= 4 is 11.8 Å². The van der Waals surface area contributed by atoms with Gasteiger partial charge >= 0.3 is 0 Å². The molecule has 1 heteroatoms. The van der Waals surface area contributed by atoms with Crippen molar-refractivity contribution < 1.29 is 0 Å². The van der Waals surface area contributed by atoms with E-state index in [1.54, 1.807) is 17.2 Å². The zero-order chi connectivity index (χ0) is 5.54. The molecule has 0 aromatic heterocycles. The summed E-state index contributed by atoms with van der Waals surface area (Å²) in [5, 5.41) is 1.79. The Bertz CT molecular complexity index is 140. The predicted molar refractivity (Wildman–Crippen MR) is 34.3 cm³/mol. The van der Waals surface area contributed by atoms with Crippen molar-refractivity contribution in [2.75, 3.05) is 6.26 Å². The number of thioether (sulfide) groups is 1. The Morgan fingerprint density at radius 2 is 2.43 bits per heavy atom. The predicted octanol–water partition coefficient (Wildman–Crippen LogP) is 1.96. The molecule has 0 aromatic carbocycles. The summed E-state index contributed by atoms with van der Waals surface area (Å²) >= 11 is 1.58. The first-order valence-electron chi connectivity index (χ1n) is 1.79. The average molecular weight is 110 g/mol. The highest BCUT2D eigenvalue weighted by Crippen LogP contribution is 1.87. The molecule has 0 aliphatic rings. The third-order valence-corrected chi connectivity index (χ3v) is 0.691. The standard InChI is InChI=1S/C6H6S/c1-3-4-5-6-7-2/h6H,1H2,2H3. The minimum absolute atomic E-state index is 1.58. The van der Waals surface area contributed by atoms with Gasteiger partial charge < -0.3 is 0 Å². The van der Waals surface area contributed by atoms with E-state index in [1.807, 2.05) is 6.26 Å². The van der Waals surface area contributed by atoms with E-state index in [-0.39, 0.29) is 0 Å². The van der Waals surface area contributed by atoms with Crippen LogP contribution in [0.15, 0.2) is 29.2 Å². The van der Waals surface area contributed by atoms with E-state index in [0.29, 0.717) is 0 Å². The van der Waals surface area contributed by atoms with Gasteiger partial charge in [-0.1, -0.05) is 11.5 Å². The maximum atomic E-state index is 3.30. The van der Waals surface area contributed by atoms with Crippen molar-refractivity contribution in [2.24, 2.45) is 0 Å². The lowest BCUT2D eigenvalue weighted by atomic mass is 10.8. The van der Waals surface area contributed by atoms with Crippen LogP contribution in [-0.4, -0.2) is 6.26 Å². The highest BCUT2D eigenvalue weighted by atomic mass is 32.2. The number of rotatable bonds is 1. The highest BCUT2D eigenvalue weighted by molar-refractivity contribution is 8.01. The quantitative estimate of drug-likeness (QED) is 0.465. The van der Waals surface area contributed by atoms with Gasteiger partial charge in [0.25, 0.3) is 0 Å². The molecule has 0 atom stereocenters. The third kappa shape index (κ3) is 5.43. The van der Waals surface area contributed by atoms with Gasteiger partial charge in [-0.05, 0) is 18.6 Å². The normalized spacial score (nSPS) is 5.29. The van der Waals surface area contributed by atoms with Gasteiger partial charge in [-0.2, -0.15) is 0 Å². The maximum Gasteiger partial charge on any atom is 0.0217 e. The van der Waals surface area contributed by atoms with E-state index in [1.165, 1.54) is 0 Å². The number of hydrogen-bond donors (Lipinski definition) is 0. The highest BCUT2D eigenvalue weighted by Gasteiger charge is 1.50. The molecular weight excluding hydrogens is 104 g/mol. The fraction of sp³-hybridized carbons (Fsp3) is 0.167. The van der Waals surface area contributed by atoms with Crippen LogP contribution in [-0.2, 0) is 0 Å². The van der Waals surface area contributed by atoms with Crippen molar-refractivity contribution in [1.82, 2.24) is 0 Å². The van der Waals surface area contributed by atoms with Gasteiger partial charge in [0.1, 0.15) is 0 Å². The molecular formula is C6H6S. The van der Waals surface area contributed by atoms with Gasteiger partial charge in [0.15, 0.2) is 0 Å². The summed E-state index contributed by atoms with van der Waals surface area (Å²) in [4.78, 5) is 0. The molecule has 0 N–H and O–H groups in total. The molecule has 0 unspecified atom stereocenters. The van der Waals surface area contributed by atoms with Crippen LogP contribution in [0.1, 0.15) is 0 Å². The minimum atomic E-state index is 1.58. The van der Waals surface area contributed by atoms with E-state index in [0.717, 1.165) is 0 Å². The lowest BCUT2D eigenvalue weighted by Crippen LogP contribution is -1.31. The Morgan fingerprint density at radius 3 is 2.86 bits per heavy atom. The van der Waals surface area contributed by atoms with E-state index >= 15 is 0 Å². The van der Waals surface area contributed by atoms with Crippen molar-refractivity contribution in [3.8, 4) is 0 Å². The molecule has 0 heterocycles. The van der Waals surface area contributed by atoms with Gasteiger partial charge in [-0.25, -0.2) is 0 Å². The molecule has 0 amide bonds. The van der Waals surface area contributed by atoms with Gasteiger partial charge in [0.2, 0.25) is 0 Å². The van der Waals surface area contributed by atoms with E-state index in [9.17, 15) is 0 Å². The van der Waals surface area contributed by atoms with Crippen LogP contribution < -0.4 is 0 Å². The molecule has 0 aliphatic carbocycles. The van der Waals surface area contributed by atoms with E-state index in [4.69, 9.17) is 0 Å². The molecule has 0 nitrogen and oxygen atoms in total. The molecule has 0 saturated heterocycles. The smallest absolute Gasteiger partial charge is 0.0217 e. The van der Waals surface area contributed by atoms with E-state index < -0.39 is 0 Å². The summed E-state index contributed by atoms with van der Waals surface area (Å²) in [5.74, 6) is 0. The third-order valence-electron chi connectivity index (χ3n) is 0.337. The first kappa shape index (κ1) is 6.43. The van der Waals surface area contributed by atoms with Crippen LogP contribution in [0.25, 0.3) is 0 Å². The van der Waals surface area contributed by atoms with Crippen LogP contribution in [0.4, 0.5) is 0 Å². The summed E-state index contributed by atoms with van der Waals surface area (Å²) in [7, 11) is 0. The first-order valence-corrected chi connectivity index (χ1v) is 3.07. The largest absolute Gasteiger partial charge is 0.128 e. The van der Waals surface area contributed by atoms with E-state index in [2.05, 4.69) is 23.8 Å². The molecule has 7 heavy (non-hydrogen) atoms. The molecule has 0 aromatic rings. The summed E-state index contributed by atoms with van der Waals surface area (Å²) < 4.78 is 0. The lowest BCUT2D eigenvalue weighted by molar-refractivity contribution is 2.26. The Balaban J connectivity index is 3.89. The fourth-order valence-electron chi connectivity index (χ4n) is 0.139. The first-order chi connectivity index (χ1) is 3.41. The van der Waals surface area contributed by atoms with Gasteiger partial charge in [0, 0.05) is 5.41 Å². The molecule has 0 bridgehead atoms. The zero-order valence-electron chi connectivity index (χ0n) is 4.19. The Hall–Kier alpha value is -0.570. The summed E-state index contributed by atoms with van der Waals surface area (Å²) in [5.41, 5.74) is 7.71. The van der Waals surface area contributed by atoms with Crippen molar-refractivity contribution in [1.29, 1.82) is 0 Å². The summed E-state index contributed by atoms with van der Waals surface area (Å²) in [6.07, 6.45) is 1.96. The molecule has 0 spiro atoms. The van der Waals surface area contributed by atoms with Crippen molar-refractivity contribution in [3.05, 3.63) is 29.2 Å². The summed E-state index contributed by atoms with van der Waals surface area (Å²) in [6.45, 7) is 3.30. The Labute approximate surface area is 47.9 Å². The van der Waals surface area contributed by atoms with Gasteiger partial charge in [-0.15, -0.1) is 11.8 Å². The molecule has 36 valence electrons. The second-order valence-electron chi connectivity index (χ2n) is 0.800. The molecule has 0 aliphatic heterocycles.